The van der Waals surface area contributed by atoms with Gasteiger partial charge in [-0.25, -0.2) is 0 Å². The topological polar surface area (TPSA) is 108 Å². The number of hydrogen-bond donors (Lipinski definition) is 1. The van der Waals surface area contributed by atoms with E-state index in [4.69, 9.17) is 9.26 Å². The Morgan fingerprint density at radius 3 is 2.70 bits per heavy atom. The second-order valence-corrected chi connectivity index (χ2v) is 5.03. The molecule has 1 amide bonds. The molecule has 1 aromatic heterocycles. The van der Waals surface area contributed by atoms with Gasteiger partial charge in [0.1, 0.15) is 11.5 Å². The minimum absolute atomic E-state index is 0.00734. The van der Waals surface area contributed by atoms with Crippen molar-refractivity contribution in [1.29, 1.82) is 0 Å². The van der Waals surface area contributed by atoms with Crippen LogP contribution in [0, 0.1) is 24.0 Å². The number of rotatable bonds is 6. The molecule has 1 heterocycles. The van der Waals surface area contributed by atoms with Crippen LogP contribution >= 0.6 is 0 Å². The number of nitrogens with one attached hydrogen (secondary N) is 1. The van der Waals surface area contributed by atoms with Crippen molar-refractivity contribution in [3.05, 3.63) is 45.7 Å². The highest BCUT2D eigenvalue weighted by atomic mass is 16.6. The molecule has 2 rings (SSSR count). The van der Waals surface area contributed by atoms with E-state index in [-0.39, 0.29) is 11.6 Å². The molecule has 1 aromatic carbocycles. The highest BCUT2D eigenvalue weighted by molar-refractivity contribution is 5.93. The van der Waals surface area contributed by atoms with Gasteiger partial charge in [-0.15, -0.1) is 0 Å². The minimum Gasteiger partial charge on any atom is -0.481 e. The van der Waals surface area contributed by atoms with Crippen molar-refractivity contribution in [2.24, 2.45) is 0 Å². The van der Waals surface area contributed by atoms with Crippen molar-refractivity contribution in [2.45, 2.75) is 33.3 Å². The summed E-state index contributed by atoms with van der Waals surface area (Å²) in [6.07, 6.45) is -0.313. The van der Waals surface area contributed by atoms with Gasteiger partial charge in [-0.2, -0.15) is 0 Å². The van der Waals surface area contributed by atoms with Gasteiger partial charge in [0.15, 0.2) is 11.9 Å². The van der Waals surface area contributed by atoms with E-state index in [1.807, 2.05) is 0 Å². The van der Waals surface area contributed by atoms with Gasteiger partial charge in [-0.1, -0.05) is 12.1 Å². The van der Waals surface area contributed by atoms with Gasteiger partial charge >= 0.3 is 0 Å². The van der Waals surface area contributed by atoms with E-state index < -0.39 is 11.0 Å². The summed E-state index contributed by atoms with van der Waals surface area (Å²) in [4.78, 5) is 22.5. The van der Waals surface area contributed by atoms with E-state index in [0.29, 0.717) is 29.3 Å². The smallest absolute Gasteiger partial charge is 0.272 e. The Morgan fingerprint density at radius 2 is 2.17 bits per heavy atom. The first-order chi connectivity index (χ1) is 10.9. The van der Waals surface area contributed by atoms with Crippen molar-refractivity contribution in [3.63, 3.8) is 0 Å². The zero-order chi connectivity index (χ0) is 17.0. The summed E-state index contributed by atoms with van der Waals surface area (Å²) >= 11 is 0. The summed E-state index contributed by atoms with van der Waals surface area (Å²) in [5.41, 5.74) is 0.475. The molecule has 0 saturated carbocycles. The lowest BCUT2D eigenvalue weighted by Crippen LogP contribution is -2.32. The van der Waals surface area contributed by atoms with Crippen LogP contribution < -0.4 is 10.1 Å². The normalized spacial score (nSPS) is 11.8. The lowest BCUT2D eigenvalue weighted by molar-refractivity contribution is -0.385. The quantitative estimate of drug-likeness (QED) is 0.647. The van der Waals surface area contributed by atoms with Gasteiger partial charge < -0.3 is 14.6 Å². The third-order valence-electron chi connectivity index (χ3n) is 3.19. The molecule has 0 bridgehead atoms. The Morgan fingerprint density at radius 1 is 1.43 bits per heavy atom. The molecular formula is C15H17N3O5. The zero-order valence-corrected chi connectivity index (χ0v) is 13.0. The predicted molar refractivity (Wildman–Crippen MR) is 82.4 cm³/mol. The fourth-order valence-electron chi connectivity index (χ4n) is 2.02. The van der Waals surface area contributed by atoms with E-state index >= 15 is 0 Å². The number of nitrogens with zero attached hydrogens (tertiary/aromatic N) is 2. The molecule has 0 aliphatic carbocycles. The maximum absolute atomic E-state index is 12.2. The number of hydrogen-bond acceptors (Lipinski definition) is 6. The summed E-state index contributed by atoms with van der Waals surface area (Å²) in [6, 6.07) is 5.96. The van der Waals surface area contributed by atoms with Crippen LogP contribution in [0.5, 0.6) is 5.75 Å². The second-order valence-electron chi connectivity index (χ2n) is 5.03. The maximum atomic E-state index is 12.2. The molecule has 1 unspecified atom stereocenters. The molecule has 0 aliphatic heterocycles. The van der Waals surface area contributed by atoms with Crippen LogP contribution in [0.3, 0.4) is 0 Å². The molecule has 0 saturated heterocycles. The number of ether oxygens (including phenoxy) is 1. The molecule has 0 spiro atoms. The summed E-state index contributed by atoms with van der Waals surface area (Å²) in [5, 5.41) is 17.1. The van der Waals surface area contributed by atoms with Crippen LogP contribution in [0.2, 0.25) is 0 Å². The highest BCUT2D eigenvalue weighted by Crippen LogP contribution is 2.24. The Hall–Kier alpha value is -2.90. The van der Waals surface area contributed by atoms with E-state index in [2.05, 4.69) is 10.5 Å². The monoisotopic (exact) mass is 319 g/mol. The molecule has 122 valence electrons. The van der Waals surface area contributed by atoms with Crippen molar-refractivity contribution in [1.82, 2.24) is 5.16 Å². The van der Waals surface area contributed by atoms with Crippen molar-refractivity contribution >= 4 is 17.4 Å². The van der Waals surface area contributed by atoms with Crippen LogP contribution in [0.1, 0.15) is 24.7 Å². The number of aromatic nitrogens is 1. The molecule has 8 heteroatoms. The van der Waals surface area contributed by atoms with Gasteiger partial charge in [0.2, 0.25) is 0 Å². The van der Waals surface area contributed by atoms with Crippen LogP contribution in [0.25, 0.3) is 0 Å². The van der Waals surface area contributed by atoms with Gasteiger partial charge in [-0.05, 0) is 32.4 Å². The van der Waals surface area contributed by atoms with Crippen LogP contribution in [0.4, 0.5) is 11.5 Å². The summed E-state index contributed by atoms with van der Waals surface area (Å²) in [5.74, 6) is 0.929. The number of carbonyl (C=O) groups excluding carboxylic acids is 1. The zero-order valence-electron chi connectivity index (χ0n) is 13.0. The maximum Gasteiger partial charge on any atom is 0.272 e. The van der Waals surface area contributed by atoms with E-state index in [0.717, 1.165) is 0 Å². The Kier molecular flexibility index (Phi) is 4.95. The Labute approximate surface area is 132 Å². The van der Waals surface area contributed by atoms with E-state index in [9.17, 15) is 14.9 Å². The predicted octanol–water partition coefficient (Wildman–Crippen LogP) is 3.00. The van der Waals surface area contributed by atoms with Gasteiger partial charge in [0, 0.05) is 17.7 Å². The third-order valence-corrected chi connectivity index (χ3v) is 3.19. The highest BCUT2D eigenvalue weighted by Gasteiger charge is 2.21. The van der Waals surface area contributed by atoms with Crippen molar-refractivity contribution in [2.75, 3.05) is 5.32 Å². The summed E-state index contributed by atoms with van der Waals surface area (Å²) < 4.78 is 10.5. The number of nitro benzene ring substituents is 1. The first kappa shape index (κ1) is 16.5. The van der Waals surface area contributed by atoms with Crippen molar-refractivity contribution in [3.8, 4) is 5.75 Å². The number of carbonyl (C=O) groups is 1. The molecule has 1 N–H and O–H groups in total. The average Bonchev–Trinajstić information content (AvgIpc) is 2.89. The molecule has 8 nitrogen and oxygen atoms in total. The lowest BCUT2D eigenvalue weighted by atomic mass is 10.2. The van der Waals surface area contributed by atoms with Gasteiger partial charge in [0.05, 0.1) is 4.92 Å². The fraction of sp³-hybridized carbons (Fsp3) is 0.333. The van der Waals surface area contributed by atoms with E-state index in [1.165, 1.54) is 18.2 Å². The fourth-order valence-corrected chi connectivity index (χ4v) is 2.02. The molecular weight excluding hydrogens is 302 g/mol. The van der Waals surface area contributed by atoms with Crippen molar-refractivity contribution < 1.29 is 19.0 Å². The SMILES string of the molecule is CCC(Oc1ccc([N+](=O)[O-])c(C)c1)C(=O)Nc1cc(C)on1. The van der Waals surface area contributed by atoms with Crippen LogP contribution in [0.15, 0.2) is 28.8 Å². The average molecular weight is 319 g/mol. The number of anilines is 1. The molecule has 1 atom stereocenters. The molecule has 0 fully saturated rings. The first-order valence-electron chi connectivity index (χ1n) is 7.06. The first-order valence-corrected chi connectivity index (χ1v) is 7.06. The lowest BCUT2D eigenvalue weighted by Gasteiger charge is -2.16. The Balaban J connectivity index is 2.08. The Bertz CT molecular complexity index is 726. The van der Waals surface area contributed by atoms with Crippen LogP contribution in [-0.2, 0) is 4.79 Å². The third kappa shape index (κ3) is 4.06. The van der Waals surface area contributed by atoms with Gasteiger partial charge in [0.25, 0.3) is 11.6 Å². The standard InChI is InChI=1S/C15H17N3O5/c1-4-13(15(19)16-14-8-10(3)23-17-14)22-11-5-6-12(18(20)21)9(2)7-11/h5-8,13H,4H2,1-3H3,(H,16,17,19). The van der Waals surface area contributed by atoms with E-state index in [1.54, 1.807) is 26.8 Å². The summed E-state index contributed by atoms with van der Waals surface area (Å²) in [7, 11) is 0. The molecule has 0 aliphatic rings. The number of nitro groups is 1. The number of aryl methyl sites for hydroxylation is 2. The second kappa shape index (κ2) is 6.91. The number of benzene rings is 1. The molecule has 2 aromatic rings. The molecule has 23 heavy (non-hydrogen) atoms. The summed E-state index contributed by atoms with van der Waals surface area (Å²) in [6.45, 7) is 5.14. The largest absolute Gasteiger partial charge is 0.481 e. The number of amides is 1. The molecule has 0 radical (unpaired) electrons. The van der Waals surface area contributed by atoms with Crippen LogP contribution in [-0.4, -0.2) is 22.1 Å². The van der Waals surface area contributed by atoms with Gasteiger partial charge in [-0.3, -0.25) is 14.9 Å². The minimum atomic E-state index is -0.743.